The molecule has 0 unspecified atom stereocenters. The molecule has 0 aliphatic heterocycles. The summed E-state index contributed by atoms with van der Waals surface area (Å²) in [5.41, 5.74) is -0.0915. The third kappa shape index (κ3) is 2.45. The van der Waals surface area contributed by atoms with Crippen molar-refractivity contribution in [3.05, 3.63) is 51.0 Å². The second-order valence-electron chi connectivity index (χ2n) is 4.13. The number of aromatic amines is 1. The van der Waals surface area contributed by atoms with E-state index in [1.165, 1.54) is 17.5 Å². The fourth-order valence-corrected chi connectivity index (χ4v) is 2.52. The van der Waals surface area contributed by atoms with Gasteiger partial charge < -0.3 is 10.3 Å². The van der Waals surface area contributed by atoms with Crippen LogP contribution in [0, 0.1) is 0 Å². The highest BCUT2D eigenvalue weighted by Crippen LogP contribution is 2.08. The summed E-state index contributed by atoms with van der Waals surface area (Å²) in [6, 6.07) is 3.82. The van der Waals surface area contributed by atoms with Crippen molar-refractivity contribution in [2.24, 2.45) is 0 Å². The normalized spacial score (nSPS) is 10.8. The van der Waals surface area contributed by atoms with E-state index >= 15 is 0 Å². The summed E-state index contributed by atoms with van der Waals surface area (Å²) < 4.78 is 1.56. The fourth-order valence-electron chi connectivity index (χ4n) is 1.82. The lowest BCUT2D eigenvalue weighted by Crippen LogP contribution is -2.25. The Balaban J connectivity index is 1.69. The molecule has 0 aliphatic rings. The van der Waals surface area contributed by atoms with Gasteiger partial charge in [-0.2, -0.15) is 0 Å². The van der Waals surface area contributed by atoms with Crippen molar-refractivity contribution < 1.29 is 4.79 Å². The number of rotatable bonds is 4. The Hall–Kier alpha value is -2.48. The van der Waals surface area contributed by atoms with Gasteiger partial charge in [0.15, 0.2) is 5.82 Å². The quantitative estimate of drug-likeness (QED) is 0.724. The smallest absolute Gasteiger partial charge is 0.293 e. The predicted octanol–water partition coefficient (Wildman–Crippen LogP) is 0.338. The molecule has 0 radical (unpaired) electrons. The molecule has 0 aromatic carbocycles. The number of carbonyl (C=O) groups excluding carboxylic acids is 1. The summed E-state index contributed by atoms with van der Waals surface area (Å²) in [6.07, 6.45) is 3.50. The van der Waals surface area contributed by atoms with Gasteiger partial charge in [0.2, 0.25) is 11.6 Å². The average molecular weight is 289 g/mol. The third-order valence-electron chi connectivity index (χ3n) is 2.77. The van der Waals surface area contributed by atoms with E-state index in [2.05, 4.69) is 20.5 Å². The van der Waals surface area contributed by atoms with E-state index in [1.54, 1.807) is 10.6 Å². The number of hydrogen-bond acceptors (Lipinski definition) is 5. The molecule has 0 atom stereocenters. The van der Waals surface area contributed by atoms with Gasteiger partial charge in [0.1, 0.15) is 0 Å². The van der Waals surface area contributed by atoms with E-state index in [0.717, 1.165) is 4.88 Å². The second-order valence-corrected chi connectivity index (χ2v) is 5.16. The van der Waals surface area contributed by atoms with Crippen molar-refractivity contribution >= 4 is 22.9 Å². The first-order valence-electron chi connectivity index (χ1n) is 5.94. The minimum atomic E-state index is -0.309. The van der Waals surface area contributed by atoms with Crippen LogP contribution in [0.4, 0.5) is 0 Å². The first-order chi connectivity index (χ1) is 9.74. The number of fused-ring (bicyclic) bond motifs is 1. The molecular formula is C12H11N5O2S. The number of H-pyrrole nitrogens is 1. The first-order valence-corrected chi connectivity index (χ1v) is 6.82. The van der Waals surface area contributed by atoms with Gasteiger partial charge in [-0.3, -0.25) is 14.0 Å². The number of nitrogens with one attached hydrogen (secondary N) is 2. The molecule has 0 fully saturated rings. The summed E-state index contributed by atoms with van der Waals surface area (Å²) in [7, 11) is 0. The van der Waals surface area contributed by atoms with Crippen LogP contribution in [0.1, 0.15) is 10.7 Å². The molecule has 0 saturated heterocycles. The second kappa shape index (κ2) is 5.25. The van der Waals surface area contributed by atoms with E-state index < -0.39 is 0 Å². The fraction of sp³-hybridized carbons (Fsp3) is 0.167. The number of hydrogen-bond donors (Lipinski definition) is 2. The van der Waals surface area contributed by atoms with Crippen molar-refractivity contribution in [2.45, 2.75) is 13.0 Å². The number of carbonyl (C=O) groups is 1. The minimum Gasteiger partial charge on any atom is -0.348 e. The number of nitrogens with zero attached hydrogens (tertiary/aromatic N) is 3. The van der Waals surface area contributed by atoms with Gasteiger partial charge in [-0.05, 0) is 11.4 Å². The number of aromatic nitrogens is 4. The van der Waals surface area contributed by atoms with Crippen LogP contribution in [0.15, 0.2) is 34.7 Å². The molecule has 7 nitrogen and oxygen atoms in total. The highest BCUT2D eigenvalue weighted by molar-refractivity contribution is 7.10. The molecule has 0 saturated carbocycles. The van der Waals surface area contributed by atoms with Crippen LogP contribution in [0.25, 0.3) is 5.65 Å². The maximum absolute atomic E-state index is 11.8. The molecule has 1 amide bonds. The molecule has 3 heterocycles. The molecular weight excluding hydrogens is 278 g/mol. The monoisotopic (exact) mass is 289 g/mol. The van der Waals surface area contributed by atoms with Crippen molar-refractivity contribution in [1.29, 1.82) is 0 Å². The van der Waals surface area contributed by atoms with E-state index in [0.29, 0.717) is 12.2 Å². The summed E-state index contributed by atoms with van der Waals surface area (Å²) in [6.45, 7) is 0.231. The minimum absolute atomic E-state index is 0.0889. The van der Waals surface area contributed by atoms with Crippen molar-refractivity contribution in [3.63, 3.8) is 0 Å². The summed E-state index contributed by atoms with van der Waals surface area (Å²) in [5, 5.41) is 12.4. The Labute approximate surface area is 117 Å². The molecule has 3 rings (SSSR count). The maximum Gasteiger partial charge on any atom is 0.293 e. The maximum atomic E-state index is 11.8. The van der Waals surface area contributed by atoms with Gasteiger partial charge in [-0.15, -0.1) is 21.5 Å². The molecule has 3 aromatic rings. The van der Waals surface area contributed by atoms with Crippen LogP contribution in [0.5, 0.6) is 0 Å². The lowest BCUT2D eigenvalue weighted by molar-refractivity contribution is -0.120. The van der Waals surface area contributed by atoms with Crippen LogP contribution < -0.4 is 10.9 Å². The van der Waals surface area contributed by atoms with Gasteiger partial charge in [-0.25, -0.2) is 0 Å². The van der Waals surface area contributed by atoms with E-state index in [1.807, 2.05) is 17.5 Å². The molecule has 3 aromatic heterocycles. The summed E-state index contributed by atoms with van der Waals surface area (Å²) in [4.78, 5) is 26.8. The molecule has 2 N–H and O–H groups in total. The Bertz CT molecular complexity index is 790. The molecule has 20 heavy (non-hydrogen) atoms. The van der Waals surface area contributed by atoms with Gasteiger partial charge in [0, 0.05) is 17.3 Å². The Morgan fingerprint density at radius 3 is 3.15 bits per heavy atom. The third-order valence-corrected chi connectivity index (χ3v) is 3.64. The lowest BCUT2D eigenvalue weighted by Gasteiger charge is -2.02. The van der Waals surface area contributed by atoms with Crippen LogP contribution in [0.2, 0.25) is 0 Å². The highest BCUT2D eigenvalue weighted by atomic mass is 32.1. The van der Waals surface area contributed by atoms with E-state index in [-0.39, 0.29) is 23.7 Å². The Kier molecular flexibility index (Phi) is 3.30. The van der Waals surface area contributed by atoms with Crippen molar-refractivity contribution in [3.8, 4) is 0 Å². The van der Waals surface area contributed by atoms with Crippen molar-refractivity contribution in [1.82, 2.24) is 24.9 Å². The number of amides is 1. The molecule has 8 heteroatoms. The van der Waals surface area contributed by atoms with Gasteiger partial charge in [-0.1, -0.05) is 6.07 Å². The predicted molar refractivity (Wildman–Crippen MR) is 73.5 cm³/mol. The largest absolute Gasteiger partial charge is 0.348 e. The average Bonchev–Trinajstić information content (AvgIpc) is 3.06. The topological polar surface area (TPSA) is 92.2 Å². The highest BCUT2D eigenvalue weighted by Gasteiger charge is 2.09. The SMILES string of the molecule is O=C(Cc1cccs1)NCc1nnc2c(=O)[nH]ccn12. The zero-order valence-electron chi connectivity index (χ0n) is 10.4. The van der Waals surface area contributed by atoms with Gasteiger partial charge >= 0.3 is 0 Å². The molecule has 0 aliphatic carbocycles. The molecule has 0 spiro atoms. The lowest BCUT2D eigenvalue weighted by atomic mass is 10.3. The summed E-state index contributed by atoms with van der Waals surface area (Å²) in [5.74, 6) is 0.430. The first kappa shape index (κ1) is 12.5. The van der Waals surface area contributed by atoms with Crippen LogP contribution in [-0.2, 0) is 17.8 Å². The van der Waals surface area contributed by atoms with Crippen LogP contribution in [0.3, 0.4) is 0 Å². The van der Waals surface area contributed by atoms with Gasteiger partial charge in [0.25, 0.3) is 5.56 Å². The van der Waals surface area contributed by atoms with Gasteiger partial charge in [0.05, 0.1) is 13.0 Å². The van der Waals surface area contributed by atoms with E-state index in [4.69, 9.17) is 0 Å². The van der Waals surface area contributed by atoms with Crippen LogP contribution in [-0.4, -0.2) is 25.5 Å². The molecule has 0 bridgehead atoms. The van der Waals surface area contributed by atoms with Crippen LogP contribution >= 0.6 is 11.3 Å². The molecule has 102 valence electrons. The van der Waals surface area contributed by atoms with E-state index in [9.17, 15) is 9.59 Å². The zero-order chi connectivity index (χ0) is 13.9. The van der Waals surface area contributed by atoms with Crippen molar-refractivity contribution in [2.75, 3.05) is 0 Å². The summed E-state index contributed by atoms with van der Waals surface area (Å²) >= 11 is 1.54. The number of thiophene rings is 1. The Morgan fingerprint density at radius 2 is 2.35 bits per heavy atom. The standard InChI is InChI=1S/C12H11N5O2S/c18-10(6-8-2-1-5-20-8)14-7-9-15-16-11-12(19)13-3-4-17(9)11/h1-5H,6-7H2,(H,13,19)(H,14,18). The zero-order valence-corrected chi connectivity index (χ0v) is 11.2. The Morgan fingerprint density at radius 1 is 1.45 bits per heavy atom.